The third-order valence-electron chi connectivity index (χ3n) is 3.02. The summed E-state index contributed by atoms with van der Waals surface area (Å²) >= 11 is 5.62. The van der Waals surface area contributed by atoms with Gasteiger partial charge in [0.2, 0.25) is 0 Å². The van der Waals surface area contributed by atoms with Gasteiger partial charge in [0.25, 0.3) is 0 Å². The number of nitrogens with two attached hydrogens (primary N) is 2. The molecular weight excluding hydrogens is 414 g/mol. The minimum absolute atomic E-state index is 0. The first-order valence-corrected chi connectivity index (χ1v) is 8.61. The molecule has 0 aromatic heterocycles. The van der Waals surface area contributed by atoms with Gasteiger partial charge in [0.15, 0.2) is 5.60 Å². The second-order valence-corrected chi connectivity index (χ2v) is 4.01. The molecule has 0 amide bonds. The van der Waals surface area contributed by atoms with Gasteiger partial charge in [0, 0.05) is 5.56 Å². The normalized spacial score (nSPS) is 18.4. The molecule has 1 atom stereocenters. The van der Waals surface area contributed by atoms with Crippen LogP contribution >= 0.6 is 20.5 Å². The first-order valence-electron chi connectivity index (χ1n) is 5.43. The van der Waals surface area contributed by atoms with Crippen molar-refractivity contribution in [3.8, 4) is 5.75 Å². The molecule has 0 spiro atoms. The van der Waals surface area contributed by atoms with Gasteiger partial charge < -0.3 is 22.1 Å². The van der Waals surface area contributed by atoms with E-state index >= 15 is 0 Å². The Kier molecular flexibility index (Phi) is 8.31. The summed E-state index contributed by atoms with van der Waals surface area (Å²) in [6, 6.07) is 17.3. The zero-order chi connectivity index (χ0) is 13.0. The Morgan fingerprint density at radius 1 is 0.950 bits per heavy atom. The molecule has 3 rings (SSSR count). The van der Waals surface area contributed by atoms with Crippen molar-refractivity contribution in [3.05, 3.63) is 78.0 Å². The average Bonchev–Trinajstić information content (AvgIpc) is 2.82. The van der Waals surface area contributed by atoms with Crippen LogP contribution < -0.4 is 4.74 Å². The van der Waals surface area contributed by atoms with Crippen molar-refractivity contribution in [2.75, 3.05) is 6.61 Å². The van der Waals surface area contributed by atoms with Crippen LogP contribution in [0.4, 0.5) is 0 Å². The molecule has 0 bridgehead atoms. The fourth-order valence-corrected chi connectivity index (χ4v) is 2.15. The quantitative estimate of drug-likeness (QED) is 0.528. The van der Waals surface area contributed by atoms with Gasteiger partial charge in [-0.3, -0.25) is 0 Å². The van der Waals surface area contributed by atoms with E-state index in [1.165, 1.54) is 0 Å². The summed E-state index contributed by atoms with van der Waals surface area (Å²) in [6.07, 6.45) is 0. The summed E-state index contributed by atoms with van der Waals surface area (Å²) in [7, 11) is 0. The van der Waals surface area contributed by atoms with Crippen LogP contribution in [-0.2, 0) is 17.9 Å². The predicted molar refractivity (Wildman–Crippen MR) is 86.0 cm³/mol. The van der Waals surface area contributed by atoms with Gasteiger partial charge in [0.05, 0.1) is 0 Å². The number of fused-ring (bicyclic) bond motifs is 1. The molecular formula is C14H16IN2NiO2-2. The van der Waals surface area contributed by atoms with Crippen molar-refractivity contribution >= 4 is 20.5 Å². The van der Waals surface area contributed by atoms with Crippen LogP contribution in [0, 0.1) is 0 Å². The monoisotopic (exact) mass is 429 g/mol. The van der Waals surface area contributed by atoms with E-state index in [1.807, 2.05) is 54.6 Å². The van der Waals surface area contributed by atoms with Crippen LogP contribution in [0.2, 0.25) is 0 Å². The number of ether oxygens (including phenoxy) is 1. The molecule has 4 nitrogen and oxygen atoms in total. The molecule has 0 saturated carbocycles. The Balaban J connectivity index is 0.000000866. The van der Waals surface area contributed by atoms with E-state index < -0.39 is 5.60 Å². The van der Waals surface area contributed by atoms with Crippen molar-refractivity contribution in [2.45, 2.75) is 5.60 Å². The second-order valence-electron chi connectivity index (χ2n) is 4.01. The number of hydrogen-bond acceptors (Lipinski definition) is 2. The third kappa shape index (κ3) is 3.51. The number of halogens is 1. The van der Waals surface area contributed by atoms with Crippen LogP contribution in [0.3, 0.4) is 0 Å². The van der Waals surface area contributed by atoms with Crippen molar-refractivity contribution in [1.29, 1.82) is 0 Å². The van der Waals surface area contributed by atoms with Crippen LogP contribution in [0.15, 0.2) is 54.6 Å². The van der Waals surface area contributed by atoms with Crippen molar-refractivity contribution in [2.24, 2.45) is 0 Å². The summed E-state index contributed by atoms with van der Waals surface area (Å²) < 4.78 is 5.52. The van der Waals surface area contributed by atoms with Gasteiger partial charge in [0.1, 0.15) is 12.4 Å². The molecule has 6 heteroatoms. The number of benzene rings is 2. The summed E-state index contributed by atoms with van der Waals surface area (Å²) in [5, 5.41) is 10.7. The molecule has 2 aromatic rings. The van der Waals surface area contributed by atoms with Gasteiger partial charge in [-0.2, -0.15) is 0 Å². The Bertz CT molecular complexity index is 528. The van der Waals surface area contributed by atoms with Gasteiger partial charge in [-0.1, -0.05) is 48.5 Å². The Morgan fingerprint density at radius 2 is 1.50 bits per heavy atom. The van der Waals surface area contributed by atoms with Crippen LogP contribution in [0.1, 0.15) is 11.1 Å². The molecule has 0 saturated heterocycles. The average molecular weight is 430 g/mol. The molecule has 1 aliphatic heterocycles. The van der Waals surface area contributed by atoms with E-state index in [0.29, 0.717) is 0 Å². The molecule has 0 aliphatic carbocycles. The molecule has 0 fully saturated rings. The summed E-state index contributed by atoms with van der Waals surface area (Å²) in [4.78, 5) is 0. The van der Waals surface area contributed by atoms with Crippen molar-refractivity contribution in [1.82, 2.24) is 0 Å². The minimum atomic E-state index is -1.00. The van der Waals surface area contributed by atoms with Crippen LogP contribution in [0.5, 0.6) is 5.75 Å². The van der Waals surface area contributed by atoms with E-state index in [0.717, 1.165) is 16.9 Å². The predicted octanol–water partition coefficient (Wildman–Crippen LogP) is 4.63. The molecule has 1 heterocycles. The Hall–Kier alpha value is -0.656. The van der Waals surface area contributed by atoms with Crippen molar-refractivity contribution < 1.29 is 22.1 Å². The summed E-state index contributed by atoms with van der Waals surface area (Å²) in [5.74, 6) is 0.772. The SMILES string of the molecule is OC1(c2ccccc2)COc2ccccc21.[NH2-].[NH2-].[Ni][I]. The first kappa shape index (κ1) is 19.3. The summed E-state index contributed by atoms with van der Waals surface area (Å²) in [6.45, 7) is 0.288. The third-order valence-corrected chi connectivity index (χ3v) is 3.02. The van der Waals surface area contributed by atoms with Crippen LogP contribution in [-0.4, -0.2) is 11.7 Å². The van der Waals surface area contributed by atoms with Gasteiger partial charge >= 0.3 is 32.8 Å². The molecule has 1 unspecified atom stereocenters. The molecule has 20 heavy (non-hydrogen) atoms. The molecule has 2 aromatic carbocycles. The fourth-order valence-electron chi connectivity index (χ4n) is 2.15. The van der Waals surface area contributed by atoms with Gasteiger partial charge in [-0.15, -0.1) is 0 Å². The number of rotatable bonds is 1. The van der Waals surface area contributed by atoms with Crippen LogP contribution in [0.25, 0.3) is 12.3 Å². The molecule has 113 valence electrons. The van der Waals surface area contributed by atoms with E-state index in [4.69, 9.17) is 4.74 Å². The number of hydrogen-bond donors (Lipinski definition) is 1. The summed E-state index contributed by atoms with van der Waals surface area (Å²) in [5.41, 5.74) is 0.721. The molecule has 1 aliphatic rings. The molecule has 5 N–H and O–H groups in total. The first-order chi connectivity index (χ1) is 8.81. The second kappa shape index (κ2) is 8.59. The van der Waals surface area contributed by atoms with E-state index in [-0.39, 0.29) is 18.9 Å². The fraction of sp³-hybridized carbons (Fsp3) is 0.143. The maximum absolute atomic E-state index is 10.7. The number of para-hydroxylation sites is 1. The van der Waals surface area contributed by atoms with Gasteiger partial charge in [-0.25, -0.2) is 0 Å². The maximum atomic E-state index is 10.7. The van der Waals surface area contributed by atoms with E-state index in [1.54, 1.807) is 20.5 Å². The molecule has 0 radical (unpaired) electrons. The number of aliphatic hydroxyl groups is 1. The Labute approximate surface area is 138 Å². The van der Waals surface area contributed by atoms with E-state index in [2.05, 4.69) is 12.3 Å². The topological polar surface area (TPSA) is 96.5 Å². The van der Waals surface area contributed by atoms with E-state index in [9.17, 15) is 5.11 Å². The van der Waals surface area contributed by atoms with Crippen molar-refractivity contribution in [3.63, 3.8) is 0 Å². The zero-order valence-corrected chi connectivity index (χ0v) is 13.8. The zero-order valence-electron chi connectivity index (χ0n) is 10.6. The Morgan fingerprint density at radius 3 is 2.15 bits per heavy atom. The van der Waals surface area contributed by atoms with Gasteiger partial charge in [-0.05, 0) is 11.6 Å². The standard InChI is InChI=1S/C14H12O2.HI.2H2N.Ni/c15-14(11-6-2-1-3-7-11)10-16-13-9-5-4-8-12(13)14;;;;/h1-9,15H,10H2;1H;2*1H2;/q;;2*-1;+1/p-1.